The van der Waals surface area contributed by atoms with Gasteiger partial charge in [0.05, 0.1) is 0 Å². The molecule has 1 aliphatic rings. The first kappa shape index (κ1) is 15.1. The number of nitrogens with two attached hydrogens (primary N) is 1. The van der Waals surface area contributed by atoms with Crippen molar-refractivity contribution in [1.29, 1.82) is 0 Å². The summed E-state index contributed by atoms with van der Waals surface area (Å²) in [6.45, 7) is 6.41. The molecule has 1 aliphatic carbocycles. The van der Waals surface area contributed by atoms with Gasteiger partial charge in [0.2, 0.25) is 0 Å². The summed E-state index contributed by atoms with van der Waals surface area (Å²) < 4.78 is 2.02. The lowest BCUT2D eigenvalue weighted by Gasteiger charge is -2.39. The summed E-state index contributed by atoms with van der Waals surface area (Å²) >= 11 is 0. The average Bonchev–Trinajstić information content (AvgIpc) is 2.96. The smallest absolute Gasteiger partial charge is 0.270 e. The number of aryl methyl sites for hydroxylation is 1. The standard InChI is InChI=1S/C16H27N3O/c1-3-18-11-7-10-15(18)16(20)19(4-2)14-9-6-5-8-13(14)12-17/h7,10-11,13-14H,3-6,8-9,12,17H2,1-2H3. The van der Waals surface area contributed by atoms with Crippen molar-refractivity contribution in [2.45, 2.75) is 52.1 Å². The number of nitrogens with zero attached hydrogens (tertiary/aromatic N) is 2. The Kier molecular flexibility index (Phi) is 5.24. The molecule has 0 aromatic carbocycles. The largest absolute Gasteiger partial charge is 0.344 e. The summed E-state index contributed by atoms with van der Waals surface area (Å²) in [5.41, 5.74) is 6.72. The molecule has 1 saturated carbocycles. The third-order valence-electron chi connectivity index (χ3n) is 4.56. The lowest BCUT2D eigenvalue weighted by Crippen LogP contribution is -2.48. The van der Waals surface area contributed by atoms with Crippen LogP contribution < -0.4 is 5.73 Å². The molecule has 0 radical (unpaired) electrons. The molecular weight excluding hydrogens is 250 g/mol. The Bertz CT molecular complexity index is 441. The first-order chi connectivity index (χ1) is 9.72. The van der Waals surface area contributed by atoms with Crippen LogP contribution in [0.1, 0.15) is 50.0 Å². The lowest BCUT2D eigenvalue weighted by molar-refractivity contribution is 0.0549. The lowest BCUT2D eigenvalue weighted by atomic mass is 9.83. The maximum absolute atomic E-state index is 12.8. The van der Waals surface area contributed by atoms with Gasteiger partial charge in [0.15, 0.2) is 0 Å². The van der Waals surface area contributed by atoms with E-state index in [0.717, 1.165) is 31.6 Å². The number of aromatic nitrogens is 1. The van der Waals surface area contributed by atoms with Crippen LogP contribution in [0, 0.1) is 5.92 Å². The SMILES string of the molecule is CCN(C(=O)c1cccn1CC)C1CCCCC1CN. The summed E-state index contributed by atoms with van der Waals surface area (Å²) in [4.78, 5) is 14.9. The number of rotatable bonds is 5. The van der Waals surface area contributed by atoms with Crippen LogP contribution in [0.15, 0.2) is 18.3 Å². The minimum absolute atomic E-state index is 0.157. The predicted molar refractivity (Wildman–Crippen MR) is 81.6 cm³/mol. The van der Waals surface area contributed by atoms with Gasteiger partial charge in [0, 0.05) is 25.3 Å². The zero-order valence-electron chi connectivity index (χ0n) is 12.7. The van der Waals surface area contributed by atoms with Crippen molar-refractivity contribution in [1.82, 2.24) is 9.47 Å². The molecule has 4 heteroatoms. The van der Waals surface area contributed by atoms with Crippen LogP contribution in [0.25, 0.3) is 0 Å². The predicted octanol–water partition coefficient (Wildman–Crippen LogP) is 2.49. The zero-order valence-corrected chi connectivity index (χ0v) is 12.7. The highest BCUT2D eigenvalue weighted by Gasteiger charge is 2.32. The molecule has 2 rings (SSSR count). The minimum atomic E-state index is 0.157. The van der Waals surface area contributed by atoms with Gasteiger partial charge in [-0.1, -0.05) is 12.8 Å². The maximum Gasteiger partial charge on any atom is 0.270 e. The molecule has 1 aromatic rings. The van der Waals surface area contributed by atoms with E-state index in [4.69, 9.17) is 5.73 Å². The second kappa shape index (κ2) is 6.93. The highest BCUT2D eigenvalue weighted by molar-refractivity contribution is 5.93. The fourth-order valence-corrected chi connectivity index (χ4v) is 3.43. The third-order valence-corrected chi connectivity index (χ3v) is 4.56. The minimum Gasteiger partial charge on any atom is -0.344 e. The Hall–Kier alpha value is -1.29. The van der Waals surface area contributed by atoms with Crippen LogP contribution in [0.5, 0.6) is 0 Å². The zero-order chi connectivity index (χ0) is 14.5. The van der Waals surface area contributed by atoms with Gasteiger partial charge in [-0.05, 0) is 51.3 Å². The topological polar surface area (TPSA) is 51.3 Å². The van der Waals surface area contributed by atoms with E-state index in [1.165, 1.54) is 12.8 Å². The molecular formula is C16H27N3O. The summed E-state index contributed by atoms with van der Waals surface area (Å²) in [6.07, 6.45) is 6.67. The van der Waals surface area contributed by atoms with Gasteiger partial charge in [-0.25, -0.2) is 0 Å². The second-order valence-corrected chi connectivity index (χ2v) is 5.62. The number of carbonyl (C=O) groups is 1. The normalized spacial score (nSPS) is 22.8. The summed E-state index contributed by atoms with van der Waals surface area (Å²) in [6, 6.07) is 4.19. The number of carbonyl (C=O) groups excluding carboxylic acids is 1. The molecule has 1 heterocycles. The van der Waals surface area contributed by atoms with E-state index in [1.807, 2.05) is 27.8 Å². The summed E-state index contributed by atoms with van der Waals surface area (Å²) in [5.74, 6) is 0.613. The molecule has 2 unspecified atom stereocenters. The van der Waals surface area contributed by atoms with Gasteiger partial charge < -0.3 is 15.2 Å². The van der Waals surface area contributed by atoms with E-state index in [1.54, 1.807) is 0 Å². The van der Waals surface area contributed by atoms with E-state index in [9.17, 15) is 4.79 Å². The van der Waals surface area contributed by atoms with Gasteiger partial charge in [-0.15, -0.1) is 0 Å². The first-order valence-corrected chi connectivity index (χ1v) is 7.89. The maximum atomic E-state index is 12.8. The first-order valence-electron chi connectivity index (χ1n) is 7.89. The second-order valence-electron chi connectivity index (χ2n) is 5.62. The van der Waals surface area contributed by atoms with Crippen LogP contribution in [-0.2, 0) is 6.54 Å². The molecule has 1 amide bonds. The Labute approximate surface area is 121 Å². The van der Waals surface area contributed by atoms with Gasteiger partial charge in [-0.2, -0.15) is 0 Å². The van der Waals surface area contributed by atoms with Crippen molar-refractivity contribution in [3.63, 3.8) is 0 Å². The average molecular weight is 277 g/mol. The van der Waals surface area contributed by atoms with E-state index >= 15 is 0 Å². The highest BCUT2D eigenvalue weighted by atomic mass is 16.2. The Morgan fingerprint density at radius 2 is 2.15 bits per heavy atom. The van der Waals surface area contributed by atoms with Crippen molar-refractivity contribution in [3.8, 4) is 0 Å². The molecule has 1 fully saturated rings. The summed E-state index contributed by atoms with van der Waals surface area (Å²) in [7, 11) is 0. The fraction of sp³-hybridized carbons (Fsp3) is 0.688. The molecule has 2 N–H and O–H groups in total. The van der Waals surface area contributed by atoms with Crippen LogP contribution >= 0.6 is 0 Å². The fourth-order valence-electron chi connectivity index (χ4n) is 3.43. The van der Waals surface area contributed by atoms with Crippen LogP contribution in [0.3, 0.4) is 0 Å². The molecule has 1 aromatic heterocycles. The van der Waals surface area contributed by atoms with E-state index in [-0.39, 0.29) is 5.91 Å². The monoisotopic (exact) mass is 277 g/mol. The number of hydrogen-bond donors (Lipinski definition) is 1. The highest BCUT2D eigenvalue weighted by Crippen LogP contribution is 2.28. The van der Waals surface area contributed by atoms with Crippen LogP contribution in [0.4, 0.5) is 0 Å². The van der Waals surface area contributed by atoms with Gasteiger partial charge in [-0.3, -0.25) is 4.79 Å². The van der Waals surface area contributed by atoms with Crippen molar-refractivity contribution in [2.75, 3.05) is 13.1 Å². The summed E-state index contributed by atoms with van der Waals surface area (Å²) in [5, 5.41) is 0. The molecule has 20 heavy (non-hydrogen) atoms. The molecule has 0 saturated heterocycles. The van der Waals surface area contributed by atoms with Gasteiger partial charge in [0.25, 0.3) is 5.91 Å². The molecule has 112 valence electrons. The molecule has 2 atom stereocenters. The van der Waals surface area contributed by atoms with Crippen LogP contribution in [0.2, 0.25) is 0 Å². The Morgan fingerprint density at radius 3 is 2.80 bits per heavy atom. The van der Waals surface area contributed by atoms with E-state index in [2.05, 4.69) is 13.8 Å². The molecule has 4 nitrogen and oxygen atoms in total. The third kappa shape index (κ3) is 2.90. The number of amides is 1. The molecule has 0 aliphatic heterocycles. The number of hydrogen-bond acceptors (Lipinski definition) is 2. The van der Waals surface area contributed by atoms with Crippen molar-refractivity contribution < 1.29 is 4.79 Å². The van der Waals surface area contributed by atoms with Crippen molar-refractivity contribution in [3.05, 3.63) is 24.0 Å². The Balaban J connectivity index is 2.20. The van der Waals surface area contributed by atoms with Crippen LogP contribution in [-0.4, -0.2) is 34.5 Å². The van der Waals surface area contributed by atoms with E-state index in [0.29, 0.717) is 18.5 Å². The van der Waals surface area contributed by atoms with Crippen molar-refractivity contribution in [2.24, 2.45) is 11.7 Å². The van der Waals surface area contributed by atoms with Gasteiger partial charge >= 0.3 is 0 Å². The van der Waals surface area contributed by atoms with Gasteiger partial charge in [0.1, 0.15) is 5.69 Å². The van der Waals surface area contributed by atoms with Crippen molar-refractivity contribution >= 4 is 5.91 Å². The van der Waals surface area contributed by atoms with E-state index < -0.39 is 0 Å². The molecule has 0 bridgehead atoms. The Morgan fingerprint density at radius 1 is 1.40 bits per heavy atom. The molecule has 0 spiro atoms. The quantitative estimate of drug-likeness (QED) is 0.899.